The highest BCUT2D eigenvalue weighted by Crippen LogP contribution is 2.48. The zero-order valence-electron chi connectivity index (χ0n) is 20.8. The second-order valence-electron chi connectivity index (χ2n) is 9.16. The number of quaternary nitrogens is 1. The lowest BCUT2D eigenvalue weighted by Gasteiger charge is -2.20. The largest absolute Gasteiger partial charge is 0.748 e. The van der Waals surface area contributed by atoms with Gasteiger partial charge < -0.3 is 15.2 Å². The summed E-state index contributed by atoms with van der Waals surface area (Å²) in [4.78, 5) is 3.14. The SMILES string of the molecule is [NH3+]CCCC[n+]1c(C=C2Sc3ccc(Cl)cc3N2CCCS(=O)(=O)[O-])sc2ccc(-c3ccccc3)cc21. The summed E-state index contributed by atoms with van der Waals surface area (Å²) in [6, 6.07) is 22.8. The number of aromatic nitrogens is 1. The van der Waals surface area contributed by atoms with E-state index in [0.29, 0.717) is 11.6 Å². The Morgan fingerprint density at radius 1 is 1.00 bits per heavy atom. The van der Waals surface area contributed by atoms with Crippen LogP contribution in [0.25, 0.3) is 27.4 Å². The molecule has 2 heterocycles. The molecule has 0 atom stereocenters. The number of halogens is 1. The van der Waals surface area contributed by atoms with Crippen LogP contribution in [0.3, 0.4) is 0 Å². The maximum Gasteiger partial charge on any atom is 0.265 e. The minimum atomic E-state index is -4.28. The van der Waals surface area contributed by atoms with Crippen molar-refractivity contribution in [3.05, 3.63) is 81.8 Å². The molecule has 0 radical (unpaired) electrons. The van der Waals surface area contributed by atoms with Crippen molar-refractivity contribution in [3.63, 3.8) is 0 Å². The third-order valence-electron chi connectivity index (χ3n) is 6.43. The lowest BCUT2D eigenvalue weighted by molar-refractivity contribution is -0.669. The van der Waals surface area contributed by atoms with Crippen LogP contribution in [0.15, 0.2) is 76.7 Å². The Hall–Kier alpha value is -2.40. The molecular formula is C28H29ClN3O3S3+. The minimum Gasteiger partial charge on any atom is -0.748 e. The van der Waals surface area contributed by atoms with E-state index in [1.807, 2.05) is 24.3 Å². The highest BCUT2D eigenvalue weighted by atomic mass is 35.5. The van der Waals surface area contributed by atoms with Crippen LogP contribution in [0.4, 0.5) is 5.69 Å². The molecular weight excluding hydrogens is 558 g/mol. The van der Waals surface area contributed by atoms with E-state index in [4.69, 9.17) is 11.6 Å². The van der Waals surface area contributed by atoms with Gasteiger partial charge in [0.05, 0.1) is 33.5 Å². The first-order valence-electron chi connectivity index (χ1n) is 12.5. The molecule has 0 saturated carbocycles. The summed E-state index contributed by atoms with van der Waals surface area (Å²) in [6.07, 6.45) is 4.50. The third kappa shape index (κ3) is 6.25. The Morgan fingerprint density at radius 3 is 2.58 bits per heavy atom. The Kier molecular flexibility index (Phi) is 8.42. The van der Waals surface area contributed by atoms with Crippen molar-refractivity contribution in [3.8, 4) is 11.1 Å². The van der Waals surface area contributed by atoms with Gasteiger partial charge in [-0.15, -0.1) is 0 Å². The maximum atomic E-state index is 11.3. The molecule has 6 nitrogen and oxygen atoms in total. The average Bonchev–Trinajstić information content (AvgIpc) is 3.41. The van der Waals surface area contributed by atoms with E-state index in [2.05, 4.69) is 63.7 Å². The van der Waals surface area contributed by atoms with E-state index in [-0.39, 0.29) is 6.42 Å². The van der Waals surface area contributed by atoms with Crippen LogP contribution in [-0.2, 0) is 16.7 Å². The van der Waals surface area contributed by atoms with E-state index in [0.717, 1.165) is 46.6 Å². The van der Waals surface area contributed by atoms with Crippen molar-refractivity contribution in [2.75, 3.05) is 23.7 Å². The molecule has 5 rings (SSSR count). The minimum absolute atomic E-state index is 0.242. The van der Waals surface area contributed by atoms with Crippen LogP contribution in [0.2, 0.25) is 5.02 Å². The van der Waals surface area contributed by atoms with E-state index in [1.54, 1.807) is 23.1 Å². The fraction of sp³-hybridized carbons (Fsp3) is 0.250. The standard InChI is InChI=1S/C28H28ClN3O3S3/c29-22-10-12-26-24(18-22)32(15-6-16-38(33,34)35)28(37-26)19-27-31(14-5-4-13-30)23-17-21(9-11-25(23)36-27)20-7-2-1-3-8-20/h1-3,7-12,17-19H,4-6,13-16,30H2/p+1. The fourth-order valence-electron chi connectivity index (χ4n) is 4.61. The molecule has 0 fully saturated rings. The number of thioether (sulfide) groups is 1. The number of anilines is 1. The van der Waals surface area contributed by atoms with Crippen LogP contribution >= 0.6 is 34.7 Å². The van der Waals surface area contributed by atoms with Crippen molar-refractivity contribution in [2.45, 2.75) is 30.7 Å². The smallest absolute Gasteiger partial charge is 0.265 e. The van der Waals surface area contributed by atoms with Crippen molar-refractivity contribution >= 4 is 66.8 Å². The summed E-state index contributed by atoms with van der Waals surface area (Å²) in [6.45, 7) is 2.19. The van der Waals surface area contributed by atoms with Gasteiger partial charge >= 0.3 is 0 Å². The number of hydrogen-bond acceptors (Lipinski definition) is 6. The van der Waals surface area contributed by atoms with E-state index in [1.165, 1.54) is 21.3 Å². The monoisotopic (exact) mass is 586 g/mol. The highest BCUT2D eigenvalue weighted by Gasteiger charge is 2.28. The van der Waals surface area contributed by atoms with Crippen molar-refractivity contribution < 1.29 is 23.3 Å². The Balaban J connectivity index is 1.56. The van der Waals surface area contributed by atoms with E-state index in [9.17, 15) is 13.0 Å². The Morgan fingerprint density at radius 2 is 1.82 bits per heavy atom. The zero-order valence-corrected chi connectivity index (χ0v) is 24.0. The average molecular weight is 587 g/mol. The molecule has 0 saturated heterocycles. The van der Waals surface area contributed by atoms with Gasteiger partial charge in [0.25, 0.3) is 5.01 Å². The molecule has 0 unspecified atom stereocenters. The summed E-state index contributed by atoms with van der Waals surface area (Å²) >= 11 is 9.69. The third-order valence-corrected chi connectivity index (χ3v) is 9.68. The molecule has 1 aromatic heterocycles. The maximum absolute atomic E-state index is 11.3. The predicted octanol–water partition coefficient (Wildman–Crippen LogP) is 5.38. The van der Waals surface area contributed by atoms with Crippen LogP contribution in [0, 0.1) is 0 Å². The molecule has 3 N–H and O–H groups in total. The number of thiazole rings is 1. The van der Waals surface area contributed by atoms with Crippen LogP contribution in [0.5, 0.6) is 0 Å². The first-order chi connectivity index (χ1) is 18.3. The van der Waals surface area contributed by atoms with E-state index < -0.39 is 15.9 Å². The normalized spacial score (nSPS) is 14.5. The lowest BCUT2D eigenvalue weighted by Crippen LogP contribution is -2.50. The number of nitrogens with zero attached hydrogens (tertiary/aromatic N) is 2. The molecule has 10 heteroatoms. The molecule has 0 bridgehead atoms. The summed E-state index contributed by atoms with van der Waals surface area (Å²) in [5.41, 5.74) is 8.50. The number of benzene rings is 3. The first-order valence-corrected chi connectivity index (χ1v) is 16.1. The number of hydrogen-bond donors (Lipinski definition) is 1. The van der Waals surface area contributed by atoms with Crippen LogP contribution in [-0.4, -0.2) is 31.8 Å². The van der Waals surface area contributed by atoms with Gasteiger partial charge in [-0.2, -0.15) is 4.57 Å². The summed E-state index contributed by atoms with van der Waals surface area (Å²) in [5.74, 6) is -0.395. The summed E-state index contributed by atoms with van der Waals surface area (Å²) < 4.78 is 37.4. The van der Waals surface area contributed by atoms with Gasteiger partial charge in [0.15, 0.2) is 6.54 Å². The number of rotatable bonds is 10. The van der Waals surface area contributed by atoms with Crippen molar-refractivity contribution in [1.82, 2.24) is 0 Å². The van der Waals surface area contributed by atoms with Crippen molar-refractivity contribution in [1.29, 1.82) is 0 Å². The second kappa shape index (κ2) is 11.8. The van der Waals surface area contributed by atoms with E-state index >= 15 is 0 Å². The first kappa shape index (κ1) is 27.2. The van der Waals surface area contributed by atoms with Gasteiger partial charge in [-0.25, -0.2) is 8.42 Å². The molecule has 0 aliphatic carbocycles. The summed E-state index contributed by atoms with van der Waals surface area (Å²) in [7, 11) is -4.28. The number of fused-ring (bicyclic) bond motifs is 2. The van der Waals surface area contributed by atoms with Gasteiger partial charge in [-0.3, -0.25) is 0 Å². The van der Waals surface area contributed by atoms with Gasteiger partial charge in [0, 0.05) is 41.1 Å². The zero-order chi connectivity index (χ0) is 26.7. The fourth-order valence-corrected chi connectivity index (χ4v) is 7.55. The molecule has 0 spiro atoms. The molecule has 3 aromatic carbocycles. The molecule has 38 heavy (non-hydrogen) atoms. The molecule has 4 aromatic rings. The van der Waals surface area contributed by atoms with Crippen LogP contribution in [0.1, 0.15) is 24.3 Å². The van der Waals surface area contributed by atoms with Gasteiger partial charge in [0.2, 0.25) is 5.52 Å². The van der Waals surface area contributed by atoms with Gasteiger partial charge in [-0.05, 0) is 41.8 Å². The number of aryl methyl sites for hydroxylation is 1. The Labute approximate surface area is 236 Å². The molecule has 1 aliphatic heterocycles. The second-order valence-corrected chi connectivity index (χ2v) is 13.2. The topological polar surface area (TPSA) is 92.0 Å². The van der Waals surface area contributed by atoms with Gasteiger partial charge in [-0.1, -0.05) is 71.1 Å². The lowest BCUT2D eigenvalue weighted by atomic mass is 10.1. The number of unbranched alkanes of at least 4 members (excludes halogenated alkanes) is 1. The Bertz CT molecular complexity index is 1590. The van der Waals surface area contributed by atoms with Gasteiger partial charge in [0.1, 0.15) is 4.70 Å². The van der Waals surface area contributed by atoms with Crippen LogP contribution < -0.4 is 15.2 Å². The highest BCUT2D eigenvalue weighted by molar-refractivity contribution is 8.03. The summed E-state index contributed by atoms with van der Waals surface area (Å²) in [5, 5.41) is 2.73. The molecule has 1 aliphatic rings. The van der Waals surface area contributed by atoms with Crippen molar-refractivity contribution in [2.24, 2.45) is 0 Å². The molecule has 0 amide bonds. The quantitative estimate of drug-likeness (QED) is 0.153. The molecule has 198 valence electrons. The predicted molar refractivity (Wildman–Crippen MR) is 156 cm³/mol.